The summed E-state index contributed by atoms with van der Waals surface area (Å²) in [4.78, 5) is 27.6. The van der Waals surface area contributed by atoms with E-state index >= 15 is 0 Å². The molecule has 9 nitrogen and oxygen atoms in total. The molecule has 30 heavy (non-hydrogen) atoms. The standard InChI is InChI=1S/C20H30N4O5S/c1-4-9-21-19(25)14-23-10-12-24(13-11-23)20(26)15-30(27,28)22-17-5-7-18(8-6-17)29-16(2)3/h4-8,16,22H,1,9-15H2,2-3H3,(H,21,25). The molecule has 1 aliphatic heterocycles. The summed E-state index contributed by atoms with van der Waals surface area (Å²) >= 11 is 0. The number of nitrogens with zero attached hydrogens (tertiary/aromatic N) is 2. The topological polar surface area (TPSA) is 108 Å². The number of carbonyl (C=O) groups is 2. The van der Waals surface area contributed by atoms with Crippen molar-refractivity contribution in [2.45, 2.75) is 20.0 Å². The van der Waals surface area contributed by atoms with E-state index in [0.717, 1.165) is 0 Å². The summed E-state index contributed by atoms with van der Waals surface area (Å²) in [6.45, 7) is 9.79. The minimum atomic E-state index is -3.83. The Morgan fingerprint density at radius 1 is 1.17 bits per heavy atom. The van der Waals surface area contributed by atoms with E-state index < -0.39 is 21.7 Å². The van der Waals surface area contributed by atoms with E-state index in [1.165, 1.54) is 4.90 Å². The first-order valence-electron chi connectivity index (χ1n) is 9.83. The van der Waals surface area contributed by atoms with E-state index in [9.17, 15) is 18.0 Å². The smallest absolute Gasteiger partial charge is 0.241 e. The van der Waals surface area contributed by atoms with Crippen LogP contribution in [0.5, 0.6) is 5.75 Å². The fourth-order valence-electron chi connectivity index (χ4n) is 2.94. The highest BCUT2D eigenvalue weighted by molar-refractivity contribution is 7.93. The van der Waals surface area contributed by atoms with Crippen LogP contribution in [0.3, 0.4) is 0 Å². The maximum absolute atomic E-state index is 12.4. The number of carbonyl (C=O) groups excluding carboxylic acids is 2. The van der Waals surface area contributed by atoms with Crippen LogP contribution in [0.1, 0.15) is 13.8 Å². The molecular weight excluding hydrogens is 408 g/mol. The van der Waals surface area contributed by atoms with Crippen molar-refractivity contribution in [1.29, 1.82) is 0 Å². The molecule has 1 aliphatic rings. The van der Waals surface area contributed by atoms with Gasteiger partial charge >= 0.3 is 0 Å². The summed E-state index contributed by atoms with van der Waals surface area (Å²) in [6, 6.07) is 6.53. The number of rotatable bonds is 10. The summed E-state index contributed by atoms with van der Waals surface area (Å²) in [6.07, 6.45) is 1.63. The molecule has 2 N–H and O–H groups in total. The predicted molar refractivity (Wildman–Crippen MR) is 116 cm³/mol. The van der Waals surface area contributed by atoms with Crippen molar-refractivity contribution >= 4 is 27.5 Å². The van der Waals surface area contributed by atoms with Crippen LogP contribution in [0.4, 0.5) is 5.69 Å². The molecule has 10 heteroatoms. The van der Waals surface area contributed by atoms with E-state index in [2.05, 4.69) is 16.6 Å². The molecule has 0 atom stereocenters. The monoisotopic (exact) mass is 438 g/mol. The Morgan fingerprint density at radius 3 is 2.37 bits per heavy atom. The second-order valence-corrected chi connectivity index (χ2v) is 9.02. The highest BCUT2D eigenvalue weighted by Crippen LogP contribution is 2.18. The molecule has 0 spiro atoms. The average molecular weight is 439 g/mol. The lowest BCUT2D eigenvalue weighted by Gasteiger charge is -2.34. The summed E-state index contributed by atoms with van der Waals surface area (Å²) in [5.74, 6) is -0.554. The Labute approximate surface area is 178 Å². The van der Waals surface area contributed by atoms with Gasteiger partial charge in [-0.3, -0.25) is 19.2 Å². The molecule has 2 rings (SSSR count). The highest BCUT2D eigenvalue weighted by atomic mass is 32.2. The van der Waals surface area contributed by atoms with Gasteiger partial charge in [-0.15, -0.1) is 6.58 Å². The first-order chi connectivity index (χ1) is 14.2. The summed E-state index contributed by atoms with van der Waals surface area (Å²) in [7, 11) is -3.83. The molecule has 1 saturated heterocycles. The second kappa shape index (κ2) is 11.0. The highest BCUT2D eigenvalue weighted by Gasteiger charge is 2.26. The molecule has 0 aliphatic carbocycles. The average Bonchev–Trinajstić information content (AvgIpc) is 2.67. The van der Waals surface area contributed by atoms with Crippen LogP contribution in [0.2, 0.25) is 0 Å². The zero-order valence-corrected chi connectivity index (χ0v) is 18.3. The second-order valence-electron chi connectivity index (χ2n) is 7.30. The minimum absolute atomic E-state index is 0.0205. The molecule has 2 amide bonds. The minimum Gasteiger partial charge on any atom is -0.491 e. The Morgan fingerprint density at radius 2 is 1.80 bits per heavy atom. The van der Waals surface area contributed by atoms with Gasteiger partial charge < -0.3 is 15.0 Å². The van der Waals surface area contributed by atoms with Crippen LogP contribution in [0, 0.1) is 0 Å². The Kier molecular flexibility index (Phi) is 8.67. The molecule has 0 bridgehead atoms. The van der Waals surface area contributed by atoms with Crippen LogP contribution in [-0.2, 0) is 19.6 Å². The van der Waals surface area contributed by atoms with Gasteiger partial charge in [0.15, 0.2) is 0 Å². The van der Waals surface area contributed by atoms with Crippen molar-refractivity contribution in [2.24, 2.45) is 0 Å². The van der Waals surface area contributed by atoms with Gasteiger partial charge in [-0.25, -0.2) is 8.42 Å². The van der Waals surface area contributed by atoms with Crippen LogP contribution in [-0.4, -0.2) is 81.2 Å². The molecule has 1 heterocycles. The normalized spacial score (nSPS) is 15.0. The zero-order chi connectivity index (χ0) is 22.1. The van der Waals surface area contributed by atoms with Crippen molar-refractivity contribution < 1.29 is 22.7 Å². The number of nitrogens with one attached hydrogen (secondary N) is 2. The first kappa shape index (κ1) is 23.7. The lowest BCUT2D eigenvalue weighted by molar-refractivity contribution is -0.130. The van der Waals surface area contributed by atoms with Crippen molar-refractivity contribution in [1.82, 2.24) is 15.1 Å². The predicted octanol–water partition coefficient (Wildman–Crippen LogP) is 0.662. The maximum Gasteiger partial charge on any atom is 0.241 e. The van der Waals surface area contributed by atoms with Gasteiger partial charge in [0.1, 0.15) is 11.5 Å². The lowest BCUT2D eigenvalue weighted by Crippen LogP contribution is -2.52. The van der Waals surface area contributed by atoms with Gasteiger partial charge in [0.2, 0.25) is 21.8 Å². The van der Waals surface area contributed by atoms with Crippen molar-refractivity contribution in [3.05, 3.63) is 36.9 Å². The van der Waals surface area contributed by atoms with Crippen molar-refractivity contribution in [3.8, 4) is 5.75 Å². The Bertz CT molecular complexity index is 831. The largest absolute Gasteiger partial charge is 0.491 e. The van der Waals surface area contributed by atoms with Crippen molar-refractivity contribution in [2.75, 3.05) is 49.7 Å². The number of hydrogen-bond acceptors (Lipinski definition) is 6. The number of benzene rings is 1. The zero-order valence-electron chi connectivity index (χ0n) is 17.5. The molecule has 1 fully saturated rings. The summed E-state index contributed by atoms with van der Waals surface area (Å²) < 4.78 is 32.7. The Hall–Kier alpha value is -2.59. The van der Waals surface area contributed by atoms with Crippen LogP contribution in [0.15, 0.2) is 36.9 Å². The van der Waals surface area contributed by atoms with Crippen molar-refractivity contribution in [3.63, 3.8) is 0 Å². The molecule has 166 valence electrons. The number of anilines is 1. The van der Waals surface area contributed by atoms with Crippen LogP contribution >= 0.6 is 0 Å². The third-order valence-electron chi connectivity index (χ3n) is 4.35. The number of ether oxygens (including phenoxy) is 1. The van der Waals surface area contributed by atoms with Gasteiger partial charge in [-0.2, -0.15) is 0 Å². The van der Waals surface area contributed by atoms with Gasteiger partial charge in [-0.1, -0.05) is 6.08 Å². The maximum atomic E-state index is 12.4. The van der Waals surface area contributed by atoms with Gasteiger partial charge in [-0.05, 0) is 38.1 Å². The number of piperazine rings is 1. The fraction of sp³-hybridized carbons (Fsp3) is 0.500. The first-order valence-corrected chi connectivity index (χ1v) is 11.5. The molecule has 1 aromatic rings. The third-order valence-corrected chi connectivity index (χ3v) is 5.52. The third kappa shape index (κ3) is 8.03. The number of hydrogen-bond donors (Lipinski definition) is 2. The molecule has 0 unspecified atom stereocenters. The molecular formula is C20H30N4O5S. The molecule has 0 aromatic heterocycles. The van der Waals surface area contributed by atoms with E-state index in [0.29, 0.717) is 44.2 Å². The summed E-state index contributed by atoms with van der Waals surface area (Å²) in [5, 5.41) is 2.71. The quantitative estimate of drug-likeness (QED) is 0.520. The fourth-order valence-corrected chi connectivity index (χ4v) is 4.02. The SMILES string of the molecule is C=CCNC(=O)CN1CCN(C(=O)CS(=O)(=O)Nc2ccc(OC(C)C)cc2)CC1. The van der Waals surface area contributed by atoms with Crippen LogP contribution < -0.4 is 14.8 Å². The lowest BCUT2D eigenvalue weighted by atomic mass is 10.3. The molecule has 0 saturated carbocycles. The Balaban J connectivity index is 1.81. The van der Waals surface area contributed by atoms with Gasteiger partial charge in [0.25, 0.3) is 0 Å². The molecule has 0 radical (unpaired) electrons. The van der Waals surface area contributed by atoms with E-state index in [-0.39, 0.29) is 18.6 Å². The summed E-state index contributed by atoms with van der Waals surface area (Å²) in [5.41, 5.74) is 0.370. The van der Waals surface area contributed by atoms with Crippen LogP contribution in [0.25, 0.3) is 0 Å². The number of amides is 2. The molecule has 1 aromatic carbocycles. The van der Waals surface area contributed by atoms with E-state index in [1.54, 1.807) is 30.3 Å². The van der Waals surface area contributed by atoms with Gasteiger partial charge in [0.05, 0.1) is 12.6 Å². The van der Waals surface area contributed by atoms with E-state index in [1.807, 2.05) is 18.7 Å². The van der Waals surface area contributed by atoms with E-state index in [4.69, 9.17) is 4.74 Å². The number of sulfonamides is 1. The van der Waals surface area contributed by atoms with Gasteiger partial charge in [0, 0.05) is 38.4 Å².